The maximum Gasteiger partial charge on any atom is 0.0729 e. The third kappa shape index (κ3) is 3.98. The molecule has 1 spiro atoms. The third-order valence-electron chi connectivity index (χ3n) is 5.51. The molecule has 3 saturated heterocycles. The molecule has 0 amide bonds. The highest BCUT2D eigenvalue weighted by Crippen LogP contribution is 2.39. The van der Waals surface area contributed by atoms with Gasteiger partial charge in [-0.1, -0.05) is 6.92 Å². The lowest BCUT2D eigenvalue weighted by Crippen LogP contribution is -2.50. The fourth-order valence-corrected chi connectivity index (χ4v) is 4.32. The highest BCUT2D eigenvalue weighted by Gasteiger charge is 2.41. The molecule has 3 atom stereocenters. The van der Waals surface area contributed by atoms with E-state index in [2.05, 4.69) is 12.2 Å². The molecule has 0 aliphatic carbocycles. The molecule has 122 valence electrons. The third-order valence-corrected chi connectivity index (χ3v) is 5.51. The van der Waals surface area contributed by atoms with Crippen LogP contribution < -0.4 is 5.32 Å². The van der Waals surface area contributed by atoms with Gasteiger partial charge in [-0.2, -0.15) is 0 Å². The normalized spacial score (nSPS) is 34.1. The molecule has 0 saturated carbocycles. The van der Waals surface area contributed by atoms with Crippen molar-refractivity contribution in [1.29, 1.82) is 0 Å². The van der Waals surface area contributed by atoms with Crippen LogP contribution in [0.3, 0.4) is 0 Å². The second-order valence-electron chi connectivity index (χ2n) is 6.93. The molecule has 3 unspecified atom stereocenters. The fraction of sp³-hybridized carbons (Fsp3) is 1.00. The van der Waals surface area contributed by atoms with Crippen molar-refractivity contribution in [3.63, 3.8) is 0 Å². The van der Waals surface area contributed by atoms with Crippen LogP contribution in [0, 0.1) is 5.92 Å². The molecule has 1 N–H and O–H groups in total. The molecule has 3 heterocycles. The summed E-state index contributed by atoms with van der Waals surface area (Å²) in [6.07, 6.45) is 8.65. The predicted molar refractivity (Wildman–Crippen MR) is 82.5 cm³/mol. The molecule has 3 aliphatic heterocycles. The number of ether oxygens (including phenoxy) is 3. The van der Waals surface area contributed by atoms with Crippen molar-refractivity contribution in [2.24, 2.45) is 5.92 Å². The van der Waals surface area contributed by atoms with E-state index in [-0.39, 0.29) is 5.60 Å². The summed E-state index contributed by atoms with van der Waals surface area (Å²) < 4.78 is 17.6. The average molecular weight is 297 g/mol. The topological polar surface area (TPSA) is 39.7 Å². The molecule has 0 aromatic carbocycles. The minimum absolute atomic E-state index is 0.103. The Labute approximate surface area is 128 Å². The molecular formula is C17H31NO3. The van der Waals surface area contributed by atoms with Gasteiger partial charge in [-0.3, -0.25) is 0 Å². The van der Waals surface area contributed by atoms with E-state index < -0.39 is 0 Å². The fourth-order valence-electron chi connectivity index (χ4n) is 4.32. The van der Waals surface area contributed by atoms with Crippen molar-refractivity contribution in [3.8, 4) is 0 Å². The minimum atomic E-state index is 0.103. The Kier molecular flexibility index (Phi) is 5.54. The minimum Gasteiger partial charge on any atom is -0.381 e. The molecule has 4 heteroatoms. The van der Waals surface area contributed by atoms with E-state index in [1.165, 1.54) is 32.1 Å². The zero-order valence-electron chi connectivity index (χ0n) is 13.4. The maximum absolute atomic E-state index is 6.20. The zero-order chi connectivity index (χ0) is 14.5. The van der Waals surface area contributed by atoms with Gasteiger partial charge >= 0.3 is 0 Å². The Morgan fingerprint density at radius 2 is 2.00 bits per heavy atom. The van der Waals surface area contributed by atoms with E-state index in [0.717, 1.165) is 51.7 Å². The number of hydrogen-bond acceptors (Lipinski definition) is 4. The van der Waals surface area contributed by atoms with Gasteiger partial charge in [0.1, 0.15) is 0 Å². The summed E-state index contributed by atoms with van der Waals surface area (Å²) in [6, 6.07) is 0.585. The highest BCUT2D eigenvalue weighted by molar-refractivity contribution is 4.93. The second kappa shape index (κ2) is 7.40. The SMILES string of the molecule is CCNC(CC1CCCO1)C1CCOC2(CCOCC2)C1. The van der Waals surface area contributed by atoms with E-state index in [4.69, 9.17) is 14.2 Å². The van der Waals surface area contributed by atoms with Crippen LogP contribution in [0.25, 0.3) is 0 Å². The molecule has 3 rings (SSSR count). The van der Waals surface area contributed by atoms with E-state index in [1.54, 1.807) is 0 Å². The lowest BCUT2D eigenvalue weighted by molar-refractivity contribution is -0.151. The molecule has 0 aromatic rings. The van der Waals surface area contributed by atoms with Crippen molar-refractivity contribution in [2.75, 3.05) is 33.0 Å². The Balaban J connectivity index is 1.60. The molecule has 0 radical (unpaired) electrons. The summed E-state index contributed by atoms with van der Waals surface area (Å²) in [4.78, 5) is 0. The van der Waals surface area contributed by atoms with E-state index >= 15 is 0 Å². The lowest BCUT2D eigenvalue weighted by Gasteiger charge is -2.45. The summed E-state index contributed by atoms with van der Waals surface area (Å²) in [6.45, 7) is 6.86. The Morgan fingerprint density at radius 1 is 1.14 bits per heavy atom. The number of hydrogen-bond donors (Lipinski definition) is 1. The highest BCUT2D eigenvalue weighted by atomic mass is 16.5. The van der Waals surface area contributed by atoms with Crippen LogP contribution in [0.15, 0.2) is 0 Å². The summed E-state index contributed by atoms with van der Waals surface area (Å²) in [5.41, 5.74) is 0.103. The van der Waals surface area contributed by atoms with E-state index in [9.17, 15) is 0 Å². The van der Waals surface area contributed by atoms with Gasteiger partial charge in [-0.25, -0.2) is 0 Å². The van der Waals surface area contributed by atoms with Crippen LogP contribution in [0.2, 0.25) is 0 Å². The molecule has 0 aromatic heterocycles. The summed E-state index contributed by atoms with van der Waals surface area (Å²) >= 11 is 0. The monoisotopic (exact) mass is 297 g/mol. The van der Waals surface area contributed by atoms with E-state index in [1.807, 2.05) is 0 Å². The van der Waals surface area contributed by atoms with Crippen LogP contribution in [-0.4, -0.2) is 50.7 Å². The van der Waals surface area contributed by atoms with Crippen molar-refractivity contribution in [1.82, 2.24) is 5.32 Å². The van der Waals surface area contributed by atoms with Gasteiger partial charge < -0.3 is 19.5 Å². The maximum atomic E-state index is 6.20. The lowest BCUT2D eigenvalue weighted by atomic mass is 9.76. The first-order valence-electron chi connectivity index (χ1n) is 8.88. The van der Waals surface area contributed by atoms with Gasteiger partial charge in [0.15, 0.2) is 0 Å². The Hall–Kier alpha value is -0.160. The molecular weight excluding hydrogens is 266 g/mol. The first kappa shape index (κ1) is 15.7. The average Bonchev–Trinajstić information content (AvgIpc) is 3.01. The second-order valence-corrected chi connectivity index (χ2v) is 6.93. The van der Waals surface area contributed by atoms with E-state index in [0.29, 0.717) is 12.1 Å². The van der Waals surface area contributed by atoms with Gasteiger partial charge in [0.05, 0.1) is 11.7 Å². The number of rotatable bonds is 5. The van der Waals surface area contributed by atoms with Crippen molar-refractivity contribution in [2.45, 2.75) is 69.6 Å². The summed E-state index contributed by atoms with van der Waals surface area (Å²) in [5.74, 6) is 0.723. The van der Waals surface area contributed by atoms with Crippen LogP contribution in [-0.2, 0) is 14.2 Å². The van der Waals surface area contributed by atoms with Gasteiger partial charge in [0.25, 0.3) is 0 Å². The number of nitrogens with one attached hydrogen (secondary N) is 1. The van der Waals surface area contributed by atoms with Crippen LogP contribution >= 0.6 is 0 Å². The van der Waals surface area contributed by atoms with Gasteiger partial charge in [-0.15, -0.1) is 0 Å². The van der Waals surface area contributed by atoms with Crippen molar-refractivity contribution in [3.05, 3.63) is 0 Å². The Morgan fingerprint density at radius 3 is 2.71 bits per heavy atom. The quantitative estimate of drug-likeness (QED) is 0.846. The summed E-state index contributed by atoms with van der Waals surface area (Å²) in [5, 5.41) is 3.73. The van der Waals surface area contributed by atoms with Crippen molar-refractivity contribution < 1.29 is 14.2 Å². The first-order chi connectivity index (χ1) is 10.3. The zero-order valence-corrected chi connectivity index (χ0v) is 13.4. The van der Waals surface area contributed by atoms with Gasteiger partial charge in [0.2, 0.25) is 0 Å². The van der Waals surface area contributed by atoms with Crippen LogP contribution in [0.5, 0.6) is 0 Å². The van der Waals surface area contributed by atoms with Gasteiger partial charge in [-0.05, 0) is 57.4 Å². The molecule has 3 fully saturated rings. The van der Waals surface area contributed by atoms with Crippen LogP contribution in [0.4, 0.5) is 0 Å². The van der Waals surface area contributed by atoms with Gasteiger partial charge in [0, 0.05) is 32.5 Å². The molecule has 3 aliphatic rings. The van der Waals surface area contributed by atoms with Crippen molar-refractivity contribution >= 4 is 0 Å². The molecule has 21 heavy (non-hydrogen) atoms. The smallest absolute Gasteiger partial charge is 0.0729 e. The predicted octanol–water partition coefficient (Wildman–Crippen LogP) is 2.51. The largest absolute Gasteiger partial charge is 0.381 e. The summed E-state index contributed by atoms with van der Waals surface area (Å²) in [7, 11) is 0. The van der Waals surface area contributed by atoms with Crippen LogP contribution in [0.1, 0.15) is 51.9 Å². The Bertz CT molecular complexity index is 306. The molecule has 0 bridgehead atoms. The molecule has 4 nitrogen and oxygen atoms in total. The standard InChI is InChI=1S/C17H31NO3/c1-2-18-16(12-15-4-3-8-20-15)14-5-9-21-17(13-14)6-10-19-11-7-17/h14-16,18H,2-13H2,1H3. The first-order valence-corrected chi connectivity index (χ1v) is 8.88.